The summed E-state index contributed by atoms with van der Waals surface area (Å²) in [4.78, 5) is 6.85. The number of piperazine rings is 1. The second-order valence-corrected chi connectivity index (χ2v) is 8.35. The highest BCUT2D eigenvalue weighted by molar-refractivity contribution is 7.86. The zero-order chi connectivity index (χ0) is 19.0. The van der Waals surface area contributed by atoms with Gasteiger partial charge in [-0.05, 0) is 29.8 Å². The van der Waals surface area contributed by atoms with Crippen molar-refractivity contribution in [1.29, 1.82) is 0 Å². The molecule has 0 atom stereocenters. The molecule has 4 rings (SSSR count). The van der Waals surface area contributed by atoms with Crippen LogP contribution in [-0.2, 0) is 16.8 Å². The molecule has 0 amide bonds. The number of nitrogens with two attached hydrogens (primary N) is 1. The SMILES string of the molecule is Cc1oc(-c2ccc3ccccc3c2)nc1CN1CCN(S(N)(=O)=O)CC1. The summed E-state index contributed by atoms with van der Waals surface area (Å²) in [5, 5.41) is 7.51. The number of benzene rings is 2. The molecule has 1 fully saturated rings. The van der Waals surface area contributed by atoms with Gasteiger partial charge in [-0.15, -0.1) is 0 Å². The molecule has 1 saturated heterocycles. The van der Waals surface area contributed by atoms with E-state index in [4.69, 9.17) is 9.56 Å². The third-order valence-corrected chi connectivity index (χ3v) is 6.04. The van der Waals surface area contributed by atoms with Crippen LogP contribution in [0.2, 0.25) is 0 Å². The van der Waals surface area contributed by atoms with Crippen LogP contribution in [0, 0.1) is 6.92 Å². The van der Waals surface area contributed by atoms with E-state index in [1.807, 2.05) is 25.1 Å². The van der Waals surface area contributed by atoms with Crippen LogP contribution in [0.15, 0.2) is 46.9 Å². The van der Waals surface area contributed by atoms with Gasteiger partial charge in [0.05, 0.1) is 5.69 Å². The quantitative estimate of drug-likeness (QED) is 0.741. The summed E-state index contributed by atoms with van der Waals surface area (Å²) in [6.45, 7) is 4.57. The highest BCUT2D eigenvalue weighted by Gasteiger charge is 2.25. The number of hydrogen-bond donors (Lipinski definition) is 1. The molecule has 7 nitrogen and oxygen atoms in total. The standard InChI is InChI=1S/C19H22N4O3S/c1-14-18(13-22-8-10-23(11-9-22)27(20,24)25)21-19(26-14)17-7-6-15-4-2-3-5-16(15)12-17/h2-7,12H,8-11,13H2,1H3,(H2,20,24,25). The lowest BCUT2D eigenvalue weighted by atomic mass is 10.1. The summed E-state index contributed by atoms with van der Waals surface area (Å²) in [6.07, 6.45) is 0. The summed E-state index contributed by atoms with van der Waals surface area (Å²) in [6, 6.07) is 14.3. The summed E-state index contributed by atoms with van der Waals surface area (Å²) in [7, 11) is -3.61. The maximum atomic E-state index is 11.4. The number of rotatable bonds is 4. The van der Waals surface area contributed by atoms with E-state index in [9.17, 15) is 8.42 Å². The second-order valence-electron chi connectivity index (χ2n) is 6.80. The maximum Gasteiger partial charge on any atom is 0.276 e. The van der Waals surface area contributed by atoms with Crippen molar-refractivity contribution in [1.82, 2.24) is 14.2 Å². The van der Waals surface area contributed by atoms with Gasteiger partial charge in [0.15, 0.2) is 0 Å². The van der Waals surface area contributed by atoms with Crippen molar-refractivity contribution in [3.63, 3.8) is 0 Å². The Kier molecular flexibility index (Phi) is 4.73. The topological polar surface area (TPSA) is 92.7 Å². The molecule has 142 valence electrons. The zero-order valence-electron chi connectivity index (χ0n) is 15.1. The Balaban J connectivity index is 1.50. The molecular formula is C19H22N4O3S. The molecule has 8 heteroatoms. The van der Waals surface area contributed by atoms with Crippen molar-refractivity contribution in [3.8, 4) is 11.5 Å². The molecule has 1 aliphatic heterocycles. The van der Waals surface area contributed by atoms with Crippen molar-refractivity contribution in [2.75, 3.05) is 26.2 Å². The van der Waals surface area contributed by atoms with Gasteiger partial charge in [-0.25, -0.2) is 10.1 Å². The Morgan fingerprint density at radius 1 is 1.07 bits per heavy atom. The Morgan fingerprint density at radius 2 is 1.78 bits per heavy atom. The van der Waals surface area contributed by atoms with Crippen LogP contribution in [0.5, 0.6) is 0 Å². The van der Waals surface area contributed by atoms with Gasteiger partial charge in [-0.1, -0.05) is 30.3 Å². The Labute approximate surface area is 158 Å². The van der Waals surface area contributed by atoms with E-state index in [-0.39, 0.29) is 0 Å². The molecule has 2 N–H and O–H groups in total. The molecular weight excluding hydrogens is 364 g/mol. The van der Waals surface area contributed by atoms with Gasteiger partial charge in [0.25, 0.3) is 10.2 Å². The molecule has 3 aromatic rings. The van der Waals surface area contributed by atoms with Crippen LogP contribution in [0.3, 0.4) is 0 Å². The number of oxazole rings is 1. The summed E-state index contributed by atoms with van der Waals surface area (Å²) in [5.41, 5.74) is 1.82. The lowest BCUT2D eigenvalue weighted by Gasteiger charge is -2.32. The van der Waals surface area contributed by atoms with Gasteiger partial charge >= 0.3 is 0 Å². The smallest absolute Gasteiger partial charge is 0.276 e. The van der Waals surface area contributed by atoms with Gasteiger partial charge in [-0.2, -0.15) is 12.7 Å². The normalized spacial score (nSPS) is 16.8. The van der Waals surface area contributed by atoms with Crippen LogP contribution in [0.1, 0.15) is 11.5 Å². The average molecular weight is 386 g/mol. The third-order valence-electron chi connectivity index (χ3n) is 4.95. The Morgan fingerprint density at radius 3 is 2.48 bits per heavy atom. The fourth-order valence-electron chi connectivity index (χ4n) is 3.37. The summed E-state index contributed by atoms with van der Waals surface area (Å²) < 4.78 is 30.0. The van der Waals surface area contributed by atoms with Gasteiger partial charge in [0.1, 0.15) is 5.76 Å². The van der Waals surface area contributed by atoms with E-state index in [1.54, 1.807) is 0 Å². The lowest BCUT2D eigenvalue weighted by molar-refractivity contribution is 0.179. The van der Waals surface area contributed by atoms with E-state index in [0.29, 0.717) is 38.6 Å². The number of fused-ring (bicyclic) bond motifs is 1. The molecule has 2 aromatic carbocycles. The van der Waals surface area contributed by atoms with Crippen LogP contribution in [0.25, 0.3) is 22.2 Å². The molecule has 1 aromatic heterocycles. The number of aryl methyl sites for hydroxylation is 1. The van der Waals surface area contributed by atoms with E-state index in [1.165, 1.54) is 9.69 Å². The zero-order valence-corrected chi connectivity index (χ0v) is 15.9. The van der Waals surface area contributed by atoms with Crippen LogP contribution < -0.4 is 5.14 Å². The predicted octanol–water partition coefficient (Wildman–Crippen LogP) is 2.12. The minimum absolute atomic E-state index is 0.396. The van der Waals surface area contributed by atoms with E-state index in [0.717, 1.165) is 22.4 Å². The highest BCUT2D eigenvalue weighted by atomic mass is 32.2. The second kappa shape index (κ2) is 7.05. The van der Waals surface area contributed by atoms with Gasteiger partial charge in [-0.3, -0.25) is 4.90 Å². The first kappa shape index (κ1) is 18.1. The van der Waals surface area contributed by atoms with Crippen molar-refractivity contribution >= 4 is 21.0 Å². The fraction of sp³-hybridized carbons (Fsp3) is 0.316. The molecule has 0 saturated carbocycles. The first-order valence-corrected chi connectivity index (χ1v) is 10.4. The van der Waals surface area contributed by atoms with E-state index >= 15 is 0 Å². The fourth-order valence-corrected chi connectivity index (χ4v) is 4.05. The van der Waals surface area contributed by atoms with E-state index < -0.39 is 10.2 Å². The van der Waals surface area contributed by atoms with Crippen LogP contribution in [0.4, 0.5) is 0 Å². The molecule has 0 unspecified atom stereocenters. The third kappa shape index (κ3) is 3.89. The first-order valence-electron chi connectivity index (χ1n) is 8.86. The minimum Gasteiger partial charge on any atom is -0.441 e. The average Bonchev–Trinajstić information content (AvgIpc) is 3.01. The van der Waals surface area contributed by atoms with Gasteiger partial charge in [0, 0.05) is 38.3 Å². The number of aromatic nitrogens is 1. The van der Waals surface area contributed by atoms with Crippen molar-refractivity contribution in [2.24, 2.45) is 5.14 Å². The van der Waals surface area contributed by atoms with Crippen molar-refractivity contribution in [3.05, 3.63) is 53.9 Å². The van der Waals surface area contributed by atoms with Crippen molar-refractivity contribution in [2.45, 2.75) is 13.5 Å². The molecule has 0 radical (unpaired) electrons. The maximum absolute atomic E-state index is 11.4. The molecule has 1 aliphatic rings. The summed E-state index contributed by atoms with van der Waals surface area (Å²) in [5.74, 6) is 1.39. The minimum atomic E-state index is -3.61. The molecule has 27 heavy (non-hydrogen) atoms. The predicted molar refractivity (Wildman–Crippen MR) is 104 cm³/mol. The van der Waals surface area contributed by atoms with E-state index in [2.05, 4.69) is 34.1 Å². The molecule has 0 bridgehead atoms. The molecule has 0 aliphatic carbocycles. The first-order chi connectivity index (χ1) is 12.9. The Hall–Kier alpha value is -2.26. The van der Waals surface area contributed by atoms with Crippen LogP contribution in [-0.4, -0.2) is 48.8 Å². The van der Waals surface area contributed by atoms with Gasteiger partial charge in [0.2, 0.25) is 5.89 Å². The summed E-state index contributed by atoms with van der Waals surface area (Å²) >= 11 is 0. The highest BCUT2D eigenvalue weighted by Crippen LogP contribution is 2.26. The Bertz CT molecular complexity index is 1070. The number of hydrogen-bond acceptors (Lipinski definition) is 5. The number of nitrogens with zero attached hydrogens (tertiary/aromatic N) is 3. The lowest BCUT2D eigenvalue weighted by Crippen LogP contribution is -2.50. The monoisotopic (exact) mass is 386 g/mol. The molecule has 0 spiro atoms. The molecule has 2 heterocycles. The van der Waals surface area contributed by atoms with Gasteiger partial charge < -0.3 is 4.42 Å². The van der Waals surface area contributed by atoms with Crippen molar-refractivity contribution < 1.29 is 12.8 Å². The van der Waals surface area contributed by atoms with Crippen LogP contribution >= 0.6 is 0 Å². The largest absolute Gasteiger partial charge is 0.441 e.